The molecule has 1 unspecified atom stereocenters. The van der Waals surface area contributed by atoms with E-state index in [1.54, 1.807) is 12.1 Å². The fourth-order valence-electron chi connectivity index (χ4n) is 1.85. The molecular weight excluding hydrogens is 228 g/mol. The molecule has 96 valence electrons. The molecule has 0 amide bonds. The third kappa shape index (κ3) is 3.24. The summed E-state index contributed by atoms with van der Waals surface area (Å²) in [4.78, 5) is 13.2. The van der Waals surface area contributed by atoms with Gasteiger partial charge in [-0.3, -0.25) is 0 Å². The van der Waals surface area contributed by atoms with Crippen LogP contribution in [0.15, 0.2) is 18.2 Å². The fraction of sp³-hybridized carbons (Fsp3) is 0.429. The molecule has 0 aromatic heterocycles. The summed E-state index contributed by atoms with van der Waals surface area (Å²) in [5.41, 5.74) is 1.98. The quantitative estimate of drug-likeness (QED) is 0.867. The number of carbonyl (C=O) groups is 1. The Bertz CT molecular complexity index is 477. The molecule has 1 aromatic carbocycles. The summed E-state index contributed by atoms with van der Waals surface area (Å²) >= 11 is 0. The second kappa shape index (κ2) is 6.06. The number of nitriles is 1. The van der Waals surface area contributed by atoms with E-state index in [0.717, 1.165) is 5.56 Å². The van der Waals surface area contributed by atoms with Crippen LogP contribution in [0.1, 0.15) is 29.8 Å². The molecule has 4 heteroatoms. The summed E-state index contributed by atoms with van der Waals surface area (Å²) in [5.74, 6) is -1.07. The number of hydrogen-bond donors (Lipinski definition) is 1. The van der Waals surface area contributed by atoms with Gasteiger partial charge in [0, 0.05) is 13.1 Å². The molecule has 0 heterocycles. The van der Waals surface area contributed by atoms with Crippen LogP contribution in [0, 0.1) is 24.2 Å². The molecule has 1 rings (SSSR count). The summed E-state index contributed by atoms with van der Waals surface area (Å²) in [5, 5.41) is 18.1. The van der Waals surface area contributed by atoms with E-state index in [0.29, 0.717) is 18.8 Å². The van der Waals surface area contributed by atoms with Gasteiger partial charge >= 0.3 is 5.97 Å². The van der Waals surface area contributed by atoms with Crippen LogP contribution in [-0.4, -0.2) is 24.2 Å². The molecule has 0 aliphatic rings. The molecule has 0 bridgehead atoms. The number of rotatable bonds is 5. The highest BCUT2D eigenvalue weighted by Gasteiger charge is 2.16. The molecule has 0 radical (unpaired) electrons. The van der Waals surface area contributed by atoms with E-state index in [9.17, 15) is 9.90 Å². The summed E-state index contributed by atoms with van der Waals surface area (Å²) in [7, 11) is 0. The maximum absolute atomic E-state index is 11.2. The predicted molar refractivity (Wildman–Crippen MR) is 70.8 cm³/mol. The van der Waals surface area contributed by atoms with E-state index in [1.165, 1.54) is 0 Å². The monoisotopic (exact) mass is 246 g/mol. The molecule has 4 nitrogen and oxygen atoms in total. The first kappa shape index (κ1) is 14.0. The normalized spacial score (nSPS) is 11.7. The van der Waals surface area contributed by atoms with Gasteiger partial charge in [0.15, 0.2) is 0 Å². The molecule has 0 saturated carbocycles. The second-order valence-electron chi connectivity index (χ2n) is 4.39. The molecule has 0 saturated heterocycles. The van der Waals surface area contributed by atoms with Crippen LogP contribution in [-0.2, 0) is 0 Å². The smallest absolute Gasteiger partial charge is 0.337 e. The van der Waals surface area contributed by atoms with Crippen LogP contribution < -0.4 is 4.90 Å². The topological polar surface area (TPSA) is 64.3 Å². The highest BCUT2D eigenvalue weighted by molar-refractivity contribution is 5.94. The fourth-order valence-corrected chi connectivity index (χ4v) is 1.85. The summed E-state index contributed by atoms with van der Waals surface area (Å²) in [6.07, 6.45) is 0. The van der Waals surface area contributed by atoms with Crippen molar-refractivity contribution < 1.29 is 9.90 Å². The van der Waals surface area contributed by atoms with Gasteiger partial charge in [0.25, 0.3) is 0 Å². The van der Waals surface area contributed by atoms with Crippen LogP contribution in [0.2, 0.25) is 0 Å². The zero-order valence-electron chi connectivity index (χ0n) is 11.0. The van der Waals surface area contributed by atoms with Gasteiger partial charge in [-0.2, -0.15) is 5.26 Å². The van der Waals surface area contributed by atoms with Gasteiger partial charge in [0.1, 0.15) is 0 Å². The standard InChI is InChI=1S/C14H18N2O2/c1-4-16(9-11(3)8-15)13-7-10(2)5-6-12(13)14(17)18/h5-7,11H,4,9H2,1-3H3,(H,17,18). The lowest BCUT2D eigenvalue weighted by molar-refractivity contribution is 0.0697. The minimum absolute atomic E-state index is 0.132. The minimum Gasteiger partial charge on any atom is -0.478 e. The zero-order valence-corrected chi connectivity index (χ0v) is 11.0. The molecule has 0 aliphatic heterocycles. The lowest BCUT2D eigenvalue weighted by Gasteiger charge is -2.26. The molecule has 0 spiro atoms. The Morgan fingerprint density at radius 1 is 1.56 bits per heavy atom. The van der Waals surface area contributed by atoms with Gasteiger partial charge in [0.2, 0.25) is 0 Å². The lowest BCUT2D eigenvalue weighted by atomic mass is 10.1. The Hall–Kier alpha value is -2.02. The average molecular weight is 246 g/mol. The predicted octanol–water partition coefficient (Wildman–Crippen LogP) is 2.68. The van der Waals surface area contributed by atoms with Gasteiger partial charge in [-0.25, -0.2) is 4.79 Å². The largest absolute Gasteiger partial charge is 0.478 e. The number of nitrogens with zero attached hydrogens (tertiary/aromatic N) is 2. The molecule has 1 aromatic rings. The van der Waals surface area contributed by atoms with E-state index < -0.39 is 5.97 Å². The van der Waals surface area contributed by atoms with Gasteiger partial charge in [-0.1, -0.05) is 6.07 Å². The molecular formula is C14H18N2O2. The number of aryl methyl sites for hydroxylation is 1. The highest BCUT2D eigenvalue weighted by atomic mass is 16.4. The van der Waals surface area contributed by atoms with Gasteiger partial charge in [-0.15, -0.1) is 0 Å². The van der Waals surface area contributed by atoms with Crippen molar-refractivity contribution in [1.82, 2.24) is 0 Å². The minimum atomic E-state index is -0.937. The van der Waals surface area contributed by atoms with Crippen LogP contribution >= 0.6 is 0 Å². The van der Waals surface area contributed by atoms with Crippen LogP contribution in [0.5, 0.6) is 0 Å². The van der Waals surface area contributed by atoms with Crippen molar-refractivity contribution in [3.63, 3.8) is 0 Å². The van der Waals surface area contributed by atoms with Crippen molar-refractivity contribution in [2.75, 3.05) is 18.0 Å². The number of aromatic carboxylic acids is 1. The van der Waals surface area contributed by atoms with Crippen LogP contribution in [0.4, 0.5) is 5.69 Å². The molecule has 1 N–H and O–H groups in total. The van der Waals surface area contributed by atoms with Crippen LogP contribution in [0.3, 0.4) is 0 Å². The third-order valence-electron chi connectivity index (χ3n) is 2.82. The zero-order chi connectivity index (χ0) is 13.7. The van der Waals surface area contributed by atoms with Gasteiger partial charge in [0.05, 0.1) is 23.2 Å². The Balaban J connectivity index is 3.15. The third-order valence-corrected chi connectivity index (χ3v) is 2.82. The maximum Gasteiger partial charge on any atom is 0.337 e. The summed E-state index contributed by atoms with van der Waals surface area (Å²) in [6.45, 7) is 6.93. The first-order valence-electron chi connectivity index (χ1n) is 5.98. The van der Waals surface area contributed by atoms with E-state index in [4.69, 9.17) is 5.26 Å². The first-order valence-corrected chi connectivity index (χ1v) is 5.98. The lowest BCUT2D eigenvalue weighted by Crippen LogP contribution is -2.29. The van der Waals surface area contributed by atoms with Crippen molar-refractivity contribution in [3.8, 4) is 6.07 Å². The summed E-state index contributed by atoms with van der Waals surface area (Å²) in [6, 6.07) is 7.44. The van der Waals surface area contributed by atoms with Gasteiger partial charge < -0.3 is 10.0 Å². The van der Waals surface area contributed by atoms with Gasteiger partial charge in [-0.05, 0) is 38.5 Å². The Morgan fingerprint density at radius 3 is 2.72 bits per heavy atom. The SMILES string of the molecule is CCN(CC(C)C#N)c1cc(C)ccc1C(=O)O. The summed E-state index contributed by atoms with van der Waals surface area (Å²) < 4.78 is 0. The molecule has 1 atom stereocenters. The highest BCUT2D eigenvalue weighted by Crippen LogP contribution is 2.23. The Morgan fingerprint density at radius 2 is 2.22 bits per heavy atom. The Labute approximate surface area is 107 Å². The number of anilines is 1. The first-order chi connectivity index (χ1) is 8.49. The van der Waals surface area contributed by atoms with Crippen molar-refractivity contribution in [2.24, 2.45) is 5.92 Å². The van der Waals surface area contributed by atoms with E-state index in [1.807, 2.05) is 31.7 Å². The maximum atomic E-state index is 11.2. The average Bonchev–Trinajstić information content (AvgIpc) is 2.35. The number of benzene rings is 1. The van der Waals surface area contributed by atoms with Crippen molar-refractivity contribution in [3.05, 3.63) is 29.3 Å². The second-order valence-corrected chi connectivity index (χ2v) is 4.39. The molecule has 0 fully saturated rings. The van der Waals surface area contributed by atoms with E-state index in [2.05, 4.69) is 6.07 Å². The van der Waals surface area contributed by atoms with Crippen molar-refractivity contribution >= 4 is 11.7 Å². The van der Waals surface area contributed by atoms with E-state index >= 15 is 0 Å². The molecule has 18 heavy (non-hydrogen) atoms. The number of carboxylic acid groups (broad SMARTS) is 1. The Kier molecular flexibility index (Phi) is 4.73. The van der Waals surface area contributed by atoms with E-state index in [-0.39, 0.29) is 11.5 Å². The van der Waals surface area contributed by atoms with Crippen molar-refractivity contribution in [2.45, 2.75) is 20.8 Å². The van der Waals surface area contributed by atoms with Crippen molar-refractivity contribution in [1.29, 1.82) is 5.26 Å². The number of carboxylic acids is 1. The molecule has 0 aliphatic carbocycles. The van der Waals surface area contributed by atoms with Crippen LogP contribution in [0.25, 0.3) is 0 Å². The number of hydrogen-bond acceptors (Lipinski definition) is 3.